The van der Waals surface area contributed by atoms with Crippen molar-refractivity contribution in [1.82, 2.24) is 0 Å². The Balaban J connectivity index is 2.61. The smallest absolute Gasteiger partial charge is 0.119 e. The number of benzene rings is 1. The zero-order chi connectivity index (χ0) is 9.90. The summed E-state index contributed by atoms with van der Waals surface area (Å²) in [5.41, 5.74) is 0. The van der Waals surface area contributed by atoms with Gasteiger partial charge in [0.2, 0.25) is 0 Å². The van der Waals surface area contributed by atoms with Gasteiger partial charge in [0.05, 0.1) is 6.10 Å². The van der Waals surface area contributed by atoms with E-state index in [4.69, 9.17) is 7.48 Å². The average Bonchev–Trinajstić information content (AvgIpc) is 2.04. The molecule has 0 bridgehead atoms. The first-order valence-electron chi connectivity index (χ1n) is 4.72. The van der Waals surface area contributed by atoms with E-state index in [2.05, 4.69) is 0 Å². The van der Waals surface area contributed by atoms with Gasteiger partial charge in [-0.2, -0.15) is 0 Å². The third-order valence-corrected chi connectivity index (χ3v) is 1.46. The summed E-state index contributed by atoms with van der Waals surface area (Å²) in [7, 11) is 0. The molecule has 0 saturated heterocycles. The maximum Gasteiger partial charge on any atom is 0.119 e. The van der Waals surface area contributed by atoms with Crippen LogP contribution in [0.2, 0.25) is 0 Å². The number of hydrogen-bond donors (Lipinski definition) is 0. The molecule has 1 nitrogen and oxygen atoms in total. The molecule has 1 heteroatoms. The first-order valence-corrected chi connectivity index (χ1v) is 3.72. The van der Waals surface area contributed by atoms with E-state index in [-0.39, 0.29) is 0 Å². The number of rotatable bonds is 3. The highest BCUT2D eigenvalue weighted by molar-refractivity contribution is 5.21. The molecule has 0 amide bonds. The Morgan fingerprint density at radius 3 is 2.64 bits per heavy atom. The number of para-hydroxylation sites is 1. The zero-order valence-corrected chi connectivity index (χ0v) is 6.87. The summed E-state index contributed by atoms with van der Waals surface area (Å²) in [6.07, 6.45) is -1.74. The van der Waals surface area contributed by atoms with E-state index in [1.54, 1.807) is 6.92 Å². The molecule has 1 atom stereocenters. The highest BCUT2D eigenvalue weighted by atomic mass is 16.5. The van der Waals surface area contributed by atoms with Crippen molar-refractivity contribution >= 4 is 0 Å². The number of ether oxygens (including phenoxy) is 1. The first kappa shape index (κ1) is 5.64. The summed E-state index contributed by atoms with van der Waals surface area (Å²) < 4.78 is 20.3. The fraction of sp³-hybridized carbons (Fsp3) is 0.400. The first-order chi connectivity index (χ1) is 6.00. The molecular weight excluding hydrogens is 136 g/mol. The van der Waals surface area contributed by atoms with Crippen molar-refractivity contribution < 1.29 is 7.48 Å². The Bertz CT molecular complexity index is 253. The normalized spacial score (nSPS) is 16.5. The summed E-state index contributed by atoms with van der Waals surface area (Å²) in [6.45, 7) is 3.24. The Morgan fingerprint density at radius 2 is 2.09 bits per heavy atom. The topological polar surface area (TPSA) is 9.23 Å². The van der Waals surface area contributed by atoms with Crippen LogP contribution in [-0.2, 0) is 0 Å². The van der Waals surface area contributed by atoms with Crippen molar-refractivity contribution in [2.45, 2.75) is 26.3 Å². The van der Waals surface area contributed by atoms with Gasteiger partial charge >= 0.3 is 0 Å². The highest BCUT2D eigenvalue weighted by Crippen LogP contribution is 2.11. The van der Waals surface area contributed by atoms with Gasteiger partial charge < -0.3 is 4.74 Å². The molecule has 1 aromatic rings. The molecule has 0 N–H and O–H groups in total. The third-order valence-electron chi connectivity index (χ3n) is 1.46. The minimum Gasteiger partial charge on any atom is -0.491 e. The molecule has 0 fully saturated rings. The van der Waals surface area contributed by atoms with Crippen molar-refractivity contribution in [2.75, 3.05) is 0 Å². The number of hydrogen-bond acceptors (Lipinski definition) is 1. The summed E-state index contributed by atoms with van der Waals surface area (Å²) >= 11 is 0. The van der Waals surface area contributed by atoms with Crippen molar-refractivity contribution in [3.05, 3.63) is 30.3 Å². The van der Waals surface area contributed by atoms with Crippen molar-refractivity contribution in [2.24, 2.45) is 0 Å². The van der Waals surface area contributed by atoms with Gasteiger partial charge in [-0.1, -0.05) is 25.1 Å². The predicted octanol–water partition coefficient (Wildman–Crippen LogP) is 2.86. The van der Waals surface area contributed by atoms with Crippen LogP contribution in [0.4, 0.5) is 0 Å². The second kappa shape index (κ2) is 4.02. The van der Waals surface area contributed by atoms with Crippen LogP contribution >= 0.6 is 0 Å². The van der Waals surface area contributed by atoms with Gasteiger partial charge in [-0.15, -0.1) is 0 Å². The molecule has 0 saturated carbocycles. The molecule has 0 aliphatic heterocycles. The molecule has 1 unspecified atom stereocenters. The van der Waals surface area contributed by atoms with Crippen LogP contribution in [0.1, 0.15) is 23.0 Å². The Labute approximate surface area is 70.8 Å². The third kappa shape index (κ3) is 2.62. The lowest BCUT2D eigenvalue weighted by Gasteiger charge is -2.11. The van der Waals surface area contributed by atoms with Gasteiger partial charge in [0.25, 0.3) is 0 Å². The molecule has 0 aliphatic carbocycles. The molecule has 0 spiro atoms. The van der Waals surface area contributed by atoms with Gasteiger partial charge in [-0.3, -0.25) is 0 Å². The van der Waals surface area contributed by atoms with Crippen molar-refractivity contribution in [3.63, 3.8) is 0 Å². The van der Waals surface area contributed by atoms with E-state index in [1.165, 1.54) is 6.92 Å². The van der Waals surface area contributed by atoms with Crippen LogP contribution in [0.5, 0.6) is 5.75 Å². The lowest BCUT2D eigenvalue weighted by atomic mass is 10.3. The van der Waals surface area contributed by atoms with E-state index >= 15 is 0 Å². The summed E-state index contributed by atoms with van der Waals surface area (Å²) in [5, 5.41) is 0. The molecular formula is C10H14O. The molecule has 0 aliphatic rings. The summed E-state index contributed by atoms with van der Waals surface area (Å²) in [6, 6.07) is 9.28. The van der Waals surface area contributed by atoms with Crippen LogP contribution in [0.3, 0.4) is 0 Å². The van der Waals surface area contributed by atoms with Crippen LogP contribution in [0.25, 0.3) is 0 Å². The fourth-order valence-electron chi connectivity index (χ4n) is 0.762. The molecule has 0 heterocycles. The molecule has 0 radical (unpaired) electrons. The lowest BCUT2D eigenvalue weighted by Crippen LogP contribution is -2.09. The van der Waals surface area contributed by atoms with Crippen LogP contribution < -0.4 is 4.74 Å². The molecule has 1 rings (SSSR count). The Kier molecular flexibility index (Phi) is 2.06. The molecule has 0 aromatic heterocycles. The predicted molar refractivity (Wildman–Crippen MR) is 46.8 cm³/mol. The van der Waals surface area contributed by atoms with Gasteiger partial charge in [0, 0.05) is 2.74 Å². The van der Waals surface area contributed by atoms with E-state index in [1.807, 2.05) is 30.3 Å². The Hall–Kier alpha value is -0.980. The monoisotopic (exact) mass is 152 g/mol. The Morgan fingerprint density at radius 1 is 1.45 bits per heavy atom. The average molecular weight is 152 g/mol. The van der Waals surface area contributed by atoms with Gasteiger partial charge in [0.15, 0.2) is 0 Å². The second-order valence-corrected chi connectivity index (χ2v) is 2.36. The maximum atomic E-state index is 7.43. The second-order valence-electron chi connectivity index (χ2n) is 2.36. The quantitative estimate of drug-likeness (QED) is 0.647. The van der Waals surface area contributed by atoms with Crippen LogP contribution in [-0.4, -0.2) is 6.10 Å². The highest BCUT2D eigenvalue weighted by Gasteiger charge is 1.97. The van der Waals surface area contributed by atoms with Crippen LogP contribution in [0, 0.1) is 0 Å². The van der Waals surface area contributed by atoms with Gasteiger partial charge in [-0.25, -0.2) is 0 Å². The van der Waals surface area contributed by atoms with Gasteiger partial charge in [0.1, 0.15) is 5.75 Å². The van der Waals surface area contributed by atoms with E-state index < -0.39 is 12.5 Å². The van der Waals surface area contributed by atoms with Gasteiger partial charge in [-0.05, 0) is 25.4 Å². The molecule has 60 valence electrons. The SMILES string of the molecule is [2H]C([2H])(C)C(C)Oc1ccccc1. The molecule has 11 heavy (non-hydrogen) atoms. The lowest BCUT2D eigenvalue weighted by molar-refractivity contribution is 0.217. The zero-order valence-electron chi connectivity index (χ0n) is 8.87. The van der Waals surface area contributed by atoms with E-state index in [0.717, 1.165) is 0 Å². The summed E-state index contributed by atoms with van der Waals surface area (Å²) in [5.74, 6) is 0.709. The summed E-state index contributed by atoms with van der Waals surface area (Å²) in [4.78, 5) is 0. The largest absolute Gasteiger partial charge is 0.491 e. The van der Waals surface area contributed by atoms with Crippen LogP contribution in [0.15, 0.2) is 30.3 Å². The standard InChI is InChI=1S/C10H14O/c1-3-9(2)11-10-7-5-4-6-8-10/h4-9H,3H2,1-2H3/i3D2. The van der Waals surface area contributed by atoms with E-state index in [0.29, 0.717) is 5.75 Å². The minimum atomic E-state index is -1.31. The molecule has 1 aromatic carbocycles. The van der Waals surface area contributed by atoms with Crippen molar-refractivity contribution in [3.8, 4) is 5.75 Å². The van der Waals surface area contributed by atoms with Crippen molar-refractivity contribution in [1.29, 1.82) is 0 Å². The van der Waals surface area contributed by atoms with E-state index in [9.17, 15) is 0 Å². The maximum absolute atomic E-state index is 7.43. The minimum absolute atomic E-state index is 0.435. The fourth-order valence-corrected chi connectivity index (χ4v) is 0.762.